The van der Waals surface area contributed by atoms with E-state index >= 15 is 0 Å². The van der Waals surface area contributed by atoms with Crippen LogP contribution in [-0.4, -0.2) is 0 Å². The molecule has 0 saturated carbocycles. The van der Waals surface area contributed by atoms with Crippen LogP contribution >= 0.6 is 0 Å². The van der Waals surface area contributed by atoms with Gasteiger partial charge >= 0.3 is 0 Å². The van der Waals surface area contributed by atoms with Crippen molar-refractivity contribution in [1.29, 1.82) is 5.26 Å². The number of halogens is 2. The van der Waals surface area contributed by atoms with E-state index in [0.29, 0.717) is 12.1 Å². The van der Waals surface area contributed by atoms with Crippen molar-refractivity contribution in [1.82, 2.24) is 0 Å². The summed E-state index contributed by atoms with van der Waals surface area (Å²) in [4.78, 5) is 0. The second-order valence-corrected chi connectivity index (χ2v) is 3.98. The van der Waals surface area contributed by atoms with Crippen LogP contribution in [0, 0.1) is 23.0 Å². The van der Waals surface area contributed by atoms with Gasteiger partial charge in [0.05, 0.1) is 18.2 Å². The number of nitrogen functional groups attached to an aromatic ring is 1. The van der Waals surface area contributed by atoms with Crippen LogP contribution < -0.4 is 11.1 Å². The number of benzene rings is 2. The summed E-state index contributed by atoms with van der Waals surface area (Å²) in [6.45, 7) is 0. The summed E-state index contributed by atoms with van der Waals surface area (Å²) >= 11 is 0. The Kier molecular flexibility index (Phi) is 3.62. The predicted molar refractivity (Wildman–Crippen MR) is 69.8 cm³/mol. The van der Waals surface area contributed by atoms with E-state index in [4.69, 9.17) is 11.0 Å². The van der Waals surface area contributed by atoms with E-state index in [-0.39, 0.29) is 11.4 Å². The fraction of sp³-hybridized carbons (Fsp3) is 0.0714. The summed E-state index contributed by atoms with van der Waals surface area (Å²) in [5, 5.41) is 11.3. The minimum absolute atomic E-state index is 0.0898. The van der Waals surface area contributed by atoms with Crippen molar-refractivity contribution in [2.75, 3.05) is 11.1 Å². The van der Waals surface area contributed by atoms with Crippen LogP contribution in [-0.2, 0) is 6.42 Å². The molecule has 3 nitrogen and oxygen atoms in total. The summed E-state index contributed by atoms with van der Waals surface area (Å²) in [5.74, 6) is -1.97. The number of rotatable bonds is 3. The number of nitriles is 1. The summed E-state index contributed by atoms with van der Waals surface area (Å²) in [6.07, 6.45) is 0.302. The van der Waals surface area contributed by atoms with Gasteiger partial charge in [-0.2, -0.15) is 5.26 Å². The molecular weight excluding hydrogens is 248 g/mol. The van der Waals surface area contributed by atoms with Crippen LogP contribution in [0.2, 0.25) is 0 Å². The van der Waals surface area contributed by atoms with Crippen molar-refractivity contribution in [2.45, 2.75) is 6.42 Å². The summed E-state index contributed by atoms with van der Waals surface area (Å²) in [7, 11) is 0. The van der Waals surface area contributed by atoms with E-state index in [2.05, 4.69) is 5.32 Å². The second kappa shape index (κ2) is 5.36. The first-order chi connectivity index (χ1) is 9.11. The largest absolute Gasteiger partial charge is 0.397 e. The van der Waals surface area contributed by atoms with Gasteiger partial charge in [-0.3, -0.25) is 0 Å². The van der Waals surface area contributed by atoms with E-state index in [9.17, 15) is 8.78 Å². The molecule has 5 heteroatoms. The first-order valence-corrected chi connectivity index (χ1v) is 5.58. The molecule has 0 radical (unpaired) electrons. The molecule has 3 N–H and O–H groups in total. The van der Waals surface area contributed by atoms with Gasteiger partial charge in [0.1, 0.15) is 5.69 Å². The molecule has 0 unspecified atom stereocenters. The maximum atomic E-state index is 13.6. The number of hydrogen-bond donors (Lipinski definition) is 2. The molecule has 19 heavy (non-hydrogen) atoms. The molecule has 0 atom stereocenters. The van der Waals surface area contributed by atoms with Crippen LogP contribution in [0.4, 0.5) is 25.8 Å². The molecule has 2 aromatic carbocycles. The topological polar surface area (TPSA) is 61.8 Å². The molecule has 0 aliphatic carbocycles. The highest BCUT2D eigenvalue weighted by Crippen LogP contribution is 2.28. The maximum absolute atomic E-state index is 13.6. The Morgan fingerprint density at radius 1 is 1.11 bits per heavy atom. The molecule has 0 aliphatic rings. The van der Waals surface area contributed by atoms with Gasteiger partial charge in [0.2, 0.25) is 0 Å². The number of nitrogens with one attached hydrogen (secondary N) is 1. The number of hydrogen-bond acceptors (Lipinski definition) is 3. The van der Waals surface area contributed by atoms with Crippen LogP contribution in [0.5, 0.6) is 0 Å². The van der Waals surface area contributed by atoms with E-state index < -0.39 is 11.6 Å². The highest BCUT2D eigenvalue weighted by molar-refractivity contribution is 5.73. The quantitative estimate of drug-likeness (QED) is 0.831. The first kappa shape index (κ1) is 12.8. The van der Waals surface area contributed by atoms with E-state index in [0.717, 1.165) is 11.6 Å². The Hall–Kier alpha value is -2.61. The van der Waals surface area contributed by atoms with Gasteiger partial charge in [-0.05, 0) is 29.8 Å². The lowest BCUT2D eigenvalue weighted by Crippen LogP contribution is -2.01. The smallest absolute Gasteiger partial charge is 0.184 e. The van der Waals surface area contributed by atoms with Gasteiger partial charge in [0, 0.05) is 5.69 Å². The van der Waals surface area contributed by atoms with Crippen LogP contribution in [0.1, 0.15) is 5.56 Å². The molecule has 96 valence electrons. The molecule has 0 spiro atoms. The molecule has 0 bridgehead atoms. The number of nitrogens with two attached hydrogens (primary N) is 1. The van der Waals surface area contributed by atoms with Gasteiger partial charge in [0.25, 0.3) is 0 Å². The van der Waals surface area contributed by atoms with Crippen LogP contribution in [0.15, 0.2) is 36.4 Å². The van der Waals surface area contributed by atoms with Gasteiger partial charge in [0.15, 0.2) is 11.6 Å². The normalized spacial score (nSPS) is 9.95. The SMILES string of the molecule is N#CCc1ccc(Nc2c(N)ccc(F)c2F)cc1. The lowest BCUT2D eigenvalue weighted by Gasteiger charge is -2.11. The number of nitrogens with zero attached hydrogens (tertiary/aromatic N) is 1. The third-order valence-corrected chi connectivity index (χ3v) is 2.63. The lowest BCUT2D eigenvalue weighted by molar-refractivity contribution is 0.512. The second-order valence-electron chi connectivity index (χ2n) is 3.98. The molecule has 0 saturated heterocycles. The average molecular weight is 259 g/mol. The molecule has 2 aromatic rings. The Balaban J connectivity index is 2.27. The molecular formula is C14H11F2N3. The maximum Gasteiger partial charge on any atom is 0.184 e. The fourth-order valence-electron chi connectivity index (χ4n) is 1.63. The predicted octanol–water partition coefficient (Wildman–Crippen LogP) is 3.36. The highest BCUT2D eigenvalue weighted by atomic mass is 19.2. The van der Waals surface area contributed by atoms with Crippen molar-refractivity contribution >= 4 is 17.1 Å². The standard InChI is InChI=1S/C14H11F2N3/c15-11-5-6-12(18)14(13(11)16)19-10-3-1-9(2-4-10)7-8-17/h1-6,19H,7,18H2. The lowest BCUT2D eigenvalue weighted by atomic mass is 10.1. The Labute approximate surface area is 109 Å². The van der Waals surface area contributed by atoms with E-state index in [1.165, 1.54) is 6.07 Å². The molecule has 0 amide bonds. The molecule has 0 aromatic heterocycles. The average Bonchev–Trinajstić information content (AvgIpc) is 2.41. The van der Waals surface area contributed by atoms with Crippen LogP contribution in [0.25, 0.3) is 0 Å². The van der Waals surface area contributed by atoms with Crippen molar-refractivity contribution in [3.63, 3.8) is 0 Å². The van der Waals surface area contributed by atoms with Crippen molar-refractivity contribution < 1.29 is 8.78 Å². The highest BCUT2D eigenvalue weighted by Gasteiger charge is 2.11. The van der Waals surface area contributed by atoms with Gasteiger partial charge < -0.3 is 11.1 Å². The summed E-state index contributed by atoms with van der Waals surface area (Å²) < 4.78 is 26.7. The van der Waals surface area contributed by atoms with Crippen molar-refractivity contribution in [2.24, 2.45) is 0 Å². The van der Waals surface area contributed by atoms with Gasteiger partial charge in [-0.15, -0.1) is 0 Å². The Morgan fingerprint density at radius 2 is 1.79 bits per heavy atom. The zero-order valence-corrected chi connectivity index (χ0v) is 9.95. The van der Waals surface area contributed by atoms with Crippen LogP contribution in [0.3, 0.4) is 0 Å². The van der Waals surface area contributed by atoms with E-state index in [1.807, 2.05) is 6.07 Å². The third-order valence-electron chi connectivity index (χ3n) is 2.63. The number of anilines is 3. The minimum atomic E-state index is -1.01. The zero-order valence-electron chi connectivity index (χ0n) is 9.95. The monoisotopic (exact) mass is 259 g/mol. The van der Waals surface area contributed by atoms with E-state index in [1.54, 1.807) is 24.3 Å². The van der Waals surface area contributed by atoms with Crippen molar-refractivity contribution in [3.8, 4) is 6.07 Å². The molecule has 2 rings (SSSR count). The minimum Gasteiger partial charge on any atom is -0.397 e. The molecule has 0 aliphatic heterocycles. The Morgan fingerprint density at radius 3 is 2.42 bits per heavy atom. The van der Waals surface area contributed by atoms with Crippen molar-refractivity contribution in [3.05, 3.63) is 53.6 Å². The molecule has 0 fully saturated rings. The molecule has 0 heterocycles. The zero-order chi connectivity index (χ0) is 13.8. The first-order valence-electron chi connectivity index (χ1n) is 5.58. The summed E-state index contributed by atoms with van der Waals surface area (Å²) in [6, 6.07) is 11.1. The third kappa shape index (κ3) is 2.80. The summed E-state index contributed by atoms with van der Waals surface area (Å²) in [5.41, 5.74) is 7.05. The van der Waals surface area contributed by atoms with Gasteiger partial charge in [-0.25, -0.2) is 8.78 Å². The van der Waals surface area contributed by atoms with Gasteiger partial charge in [-0.1, -0.05) is 12.1 Å². The Bertz CT molecular complexity index is 630. The fourth-order valence-corrected chi connectivity index (χ4v) is 1.63.